The van der Waals surface area contributed by atoms with E-state index in [4.69, 9.17) is 21.1 Å². The molecule has 0 bridgehead atoms. The summed E-state index contributed by atoms with van der Waals surface area (Å²) >= 11 is 6.25. The Morgan fingerprint density at radius 1 is 0.947 bits per heavy atom. The SMILES string of the molecule is COC(=O)c1cccc(N2CC(Oc3ccc(NC(=O)Nc4cccnc4)cc3)C2)c1-c1cccc(Cl)c1. The average molecular weight is 529 g/mol. The first-order chi connectivity index (χ1) is 18.5. The molecule has 3 aromatic carbocycles. The van der Waals surface area contributed by atoms with Crippen LogP contribution in [0.25, 0.3) is 11.1 Å². The maximum Gasteiger partial charge on any atom is 0.338 e. The lowest BCUT2D eigenvalue weighted by atomic mass is 9.95. The van der Waals surface area contributed by atoms with Crippen LogP contribution in [0.1, 0.15) is 10.4 Å². The molecule has 1 aromatic heterocycles. The van der Waals surface area contributed by atoms with Crippen LogP contribution in [0.3, 0.4) is 0 Å². The molecule has 9 heteroatoms. The van der Waals surface area contributed by atoms with Crippen molar-refractivity contribution in [3.8, 4) is 16.9 Å². The number of methoxy groups -OCH3 is 1. The molecule has 38 heavy (non-hydrogen) atoms. The standard InChI is InChI=1S/C29H25ClN4O4/c1-37-28(35)25-8-3-9-26(27(25)19-5-2-6-20(30)15-19)34-17-24(18-34)38-23-12-10-21(11-13-23)32-29(36)33-22-7-4-14-31-16-22/h2-16,24H,17-18H2,1H3,(H2,32,33,36). The number of urea groups is 1. The summed E-state index contributed by atoms with van der Waals surface area (Å²) in [6.45, 7) is 1.29. The fraction of sp³-hybridized carbons (Fsp3) is 0.138. The molecule has 0 radical (unpaired) electrons. The molecule has 1 fully saturated rings. The second-order valence-electron chi connectivity index (χ2n) is 8.69. The molecule has 8 nitrogen and oxygen atoms in total. The van der Waals surface area contributed by atoms with Crippen LogP contribution in [0.5, 0.6) is 5.75 Å². The van der Waals surface area contributed by atoms with Gasteiger partial charge in [-0.2, -0.15) is 0 Å². The molecular weight excluding hydrogens is 504 g/mol. The summed E-state index contributed by atoms with van der Waals surface area (Å²) in [6, 6.07) is 23.4. The third-order valence-corrected chi connectivity index (χ3v) is 6.32. The second-order valence-corrected chi connectivity index (χ2v) is 9.13. The summed E-state index contributed by atoms with van der Waals surface area (Å²) in [7, 11) is 1.37. The van der Waals surface area contributed by atoms with Crippen molar-refractivity contribution in [1.82, 2.24) is 4.98 Å². The Kier molecular flexibility index (Phi) is 7.42. The predicted molar refractivity (Wildman–Crippen MR) is 148 cm³/mol. The summed E-state index contributed by atoms with van der Waals surface area (Å²) in [5.41, 5.74) is 4.25. The van der Waals surface area contributed by atoms with Crippen LogP contribution in [-0.2, 0) is 4.74 Å². The number of esters is 1. The highest BCUT2D eigenvalue weighted by Crippen LogP contribution is 2.38. The predicted octanol–water partition coefficient (Wildman–Crippen LogP) is 6.10. The molecule has 1 aliphatic rings. The first-order valence-corrected chi connectivity index (χ1v) is 12.3. The number of ether oxygens (including phenoxy) is 2. The zero-order valence-corrected chi connectivity index (χ0v) is 21.3. The molecule has 4 aromatic rings. The molecular formula is C29H25ClN4O4. The van der Waals surface area contributed by atoms with Crippen LogP contribution in [0.15, 0.2) is 91.3 Å². The lowest BCUT2D eigenvalue weighted by molar-refractivity contribution is 0.0601. The third kappa shape index (κ3) is 5.71. The normalized spacial score (nSPS) is 12.8. The molecule has 0 aliphatic carbocycles. The number of rotatable bonds is 7. The fourth-order valence-electron chi connectivity index (χ4n) is 4.28. The summed E-state index contributed by atoms with van der Waals surface area (Å²) in [5, 5.41) is 6.10. The molecule has 0 saturated carbocycles. The number of pyridine rings is 1. The summed E-state index contributed by atoms with van der Waals surface area (Å²) < 4.78 is 11.2. The van der Waals surface area contributed by atoms with Crippen LogP contribution >= 0.6 is 11.6 Å². The third-order valence-electron chi connectivity index (χ3n) is 6.08. The van der Waals surface area contributed by atoms with Crippen molar-refractivity contribution in [1.29, 1.82) is 0 Å². The summed E-state index contributed by atoms with van der Waals surface area (Å²) in [4.78, 5) is 30.8. The van der Waals surface area contributed by atoms with Crippen molar-refractivity contribution in [2.45, 2.75) is 6.10 Å². The highest BCUT2D eigenvalue weighted by atomic mass is 35.5. The molecule has 2 heterocycles. The van der Waals surface area contributed by atoms with Crippen molar-refractivity contribution in [2.75, 3.05) is 35.7 Å². The number of anilines is 3. The minimum absolute atomic E-state index is 0.0308. The van der Waals surface area contributed by atoms with Gasteiger partial charge in [0.15, 0.2) is 0 Å². The molecule has 1 saturated heterocycles. The summed E-state index contributed by atoms with van der Waals surface area (Å²) in [5.74, 6) is 0.296. The Labute approximate surface area is 225 Å². The number of halogens is 1. The highest BCUT2D eigenvalue weighted by molar-refractivity contribution is 6.31. The van der Waals surface area contributed by atoms with E-state index >= 15 is 0 Å². The van der Waals surface area contributed by atoms with Crippen LogP contribution in [0, 0.1) is 0 Å². The summed E-state index contributed by atoms with van der Waals surface area (Å²) in [6.07, 6.45) is 3.18. The number of hydrogen-bond acceptors (Lipinski definition) is 6. The molecule has 2 amide bonds. The van der Waals surface area contributed by atoms with Crippen LogP contribution in [-0.4, -0.2) is 43.3 Å². The largest absolute Gasteiger partial charge is 0.487 e. The molecule has 192 valence electrons. The van der Waals surface area contributed by atoms with Gasteiger partial charge in [0.05, 0.1) is 37.6 Å². The van der Waals surface area contributed by atoms with E-state index in [1.807, 2.05) is 42.5 Å². The Balaban J connectivity index is 1.23. The first kappa shape index (κ1) is 25.1. The van der Waals surface area contributed by atoms with Gasteiger partial charge in [0.25, 0.3) is 0 Å². The maximum absolute atomic E-state index is 12.5. The minimum atomic E-state index is -0.405. The van der Waals surface area contributed by atoms with Crippen molar-refractivity contribution in [3.05, 3.63) is 102 Å². The Bertz CT molecular complexity index is 1440. The van der Waals surface area contributed by atoms with Crippen LogP contribution < -0.4 is 20.3 Å². The fourth-order valence-corrected chi connectivity index (χ4v) is 4.47. The topological polar surface area (TPSA) is 92.8 Å². The van der Waals surface area contributed by atoms with E-state index < -0.39 is 5.97 Å². The zero-order chi connectivity index (χ0) is 26.5. The number of hydrogen-bond donors (Lipinski definition) is 2. The first-order valence-electron chi connectivity index (χ1n) is 12.0. The molecule has 0 unspecified atom stereocenters. The van der Waals surface area contributed by atoms with E-state index in [0.29, 0.717) is 40.8 Å². The van der Waals surface area contributed by atoms with Crippen molar-refractivity contribution in [2.24, 2.45) is 0 Å². The van der Waals surface area contributed by atoms with Gasteiger partial charge in [0, 0.05) is 28.2 Å². The van der Waals surface area contributed by atoms with Gasteiger partial charge >= 0.3 is 12.0 Å². The maximum atomic E-state index is 12.5. The number of benzene rings is 3. The van der Waals surface area contributed by atoms with Gasteiger partial charge in [-0.3, -0.25) is 4.98 Å². The molecule has 0 atom stereocenters. The number of carbonyl (C=O) groups is 2. The Hall–Kier alpha value is -4.56. The van der Waals surface area contributed by atoms with E-state index in [9.17, 15) is 9.59 Å². The second kappa shape index (κ2) is 11.2. The van der Waals surface area contributed by atoms with Gasteiger partial charge in [0.1, 0.15) is 11.9 Å². The van der Waals surface area contributed by atoms with Crippen molar-refractivity contribution < 1.29 is 19.1 Å². The lowest BCUT2D eigenvalue weighted by Gasteiger charge is -2.42. The van der Waals surface area contributed by atoms with E-state index in [1.165, 1.54) is 7.11 Å². The van der Waals surface area contributed by atoms with Gasteiger partial charge in [-0.25, -0.2) is 9.59 Å². The van der Waals surface area contributed by atoms with Gasteiger partial charge in [-0.1, -0.05) is 29.8 Å². The van der Waals surface area contributed by atoms with E-state index in [1.54, 1.807) is 48.8 Å². The van der Waals surface area contributed by atoms with E-state index in [-0.39, 0.29) is 12.1 Å². The quantitative estimate of drug-likeness (QED) is 0.281. The van der Waals surface area contributed by atoms with Gasteiger partial charge < -0.3 is 25.0 Å². The van der Waals surface area contributed by atoms with Gasteiger partial charge in [-0.05, 0) is 66.2 Å². The highest BCUT2D eigenvalue weighted by Gasteiger charge is 2.32. The number of nitrogens with one attached hydrogen (secondary N) is 2. The number of amides is 2. The van der Waals surface area contributed by atoms with Crippen molar-refractivity contribution in [3.63, 3.8) is 0 Å². The number of carbonyl (C=O) groups excluding carboxylic acids is 2. The smallest absolute Gasteiger partial charge is 0.338 e. The molecule has 2 N–H and O–H groups in total. The monoisotopic (exact) mass is 528 g/mol. The molecule has 5 rings (SSSR count). The zero-order valence-electron chi connectivity index (χ0n) is 20.6. The van der Waals surface area contributed by atoms with Crippen molar-refractivity contribution >= 4 is 40.7 Å². The lowest BCUT2D eigenvalue weighted by Crippen LogP contribution is -2.54. The van der Waals surface area contributed by atoms with Crippen LogP contribution in [0.4, 0.5) is 21.9 Å². The number of nitrogens with zero attached hydrogens (tertiary/aromatic N) is 2. The minimum Gasteiger partial charge on any atom is -0.487 e. The number of aromatic nitrogens is 1. The Morgan fingerprint density at radius 2 is 1.71 bits per heavy atom. The van der Waals surface area contributed by atoms with E-state index in [0.717, 1.165) is 16.8 Å². The Morgan fingerprint density at radius 3 is 2.42 bits per heavy atom. The molecule has 1 aliphatic heterocycles. The van der Waals surface area contributed by atoms with Gasteiger partial charge in [-0.15, -0.1) is 0 Å². The van der Waals surface area contributed by atoms with Gasteiger partial charge in [0.2, 0.25) is 0 Å². The van der Waals surface area contributed by atoms with E-state index in [2.05, 4.69) is 20.5 Å². The molecule has 0 spiro atoms. The van der Waals surface area contributed by atoms with Crippen LogP contribution in [0.2, 0.25) is 5.02 Å². The average Bonchev–Trinajstić information content (AvgIpc) is 2.91.